The molecule has 2 atom stereocenters. The van der Waals surface area contributed by atoms with E-state index in [9.17, 15) is 19.0 Å². The molecule has 0 amide bonds. The summed E-state index contributed by atoms with van der Waals surface area (Å²) in [6.07, 6.45) is 30.3. The molecule has 0 heterocycles. The molecule has 286 valence electrons. The van der Waals surface area contributed by atoms with Gasteiger partial charge in [0.1, 0.15) is 19.8 Å². The first-order valence-corrected chi connectivity index (χ1v) is 21.2. The lowest BCUT2D eigenvalue weighted by Gasteiger charge is -2.28. The highest BCUT2D eigenvalue weighted by Crippen LogP contribution is 2.38. The number of carbonyl (C=O) groups excluding carboxylic acids is 2. The van der Waals surface area contributed by atoms with Crippen LogP contribution in [0, 0.1) is 0 Å². The highest BCUT2D eigenvalue weighted by atomic mass is 31.2. The van der Waals surface area contributed by atoms with Gasteiger partial charge in [0.25, 0.3) is 7.82 Å². The zero-order valence-electron chi connectivity index (χ0n) is 32.0. The van der Waals surface area contributed by atoms with E-state index in [0.717, 1.165) is 12.8 Å². The summed E-state index contributed by atoms with van der Waals surface area (Å²) in [7, 11) is 1.17. The molecule has 2 unspecified atom stereocenters. The third-order valence-corrected chi connectivity index (χ3v) is 9.56. The average Bonchev–Trinajstić information content (AvgIpc) is 3.02. The zero-order valence-corrected chi connectivity index (χ0v) is 32.8. The average molecular weight is 706 g/mol. The van der Waals surface area contributed by atoms with E-state index in [1.807, 2.05) is 28.1 Å². The third-order valence-electron chi connectivity index (χ3n) is 8.60. The number of rotatable bonds is 36. The van der Waals surface area contributed by atoms with Crippen LogP contribution in [0.3, 0.4) is 0 Å². The number of phosphoric ester groups is 1. The monoisotopic (exact) mass is 706 g/mol. The van der Waals surface area contributed by atoms with E-state index in [4.69, 9.17) is 18.5 Å². The van der Waals surface area contributed by atoms with Crippen molar-refractivity contribution in [1.82, 2.24) is 0 Å². The van der Waals surface area contributed by atoms with E-state index in [-0.39, 0.29) is 26.1 Å². The highest BCUT2D eigenvalue weighted by molar-refractivity contribution is 7.45. The van der Waals surface area contributed by atoms with E-state index in [1.165, 1.54) is 128 Å². The summed E-state index contributed by atoms with van der Waals surface area (Å²) in [6.45, 7) is 3.86. The fourth-order valence-corrected chi connectivity index (χ4v) is 6.24. The Labute approximate surface area is 295 Å². The lowest BCUT2D eigenvalue weighted by Crippen LogP contribution is -2.37. The Kier molecular flexibility index (Phi) is 31.3. The summed E-state index contributed by atoms with van der Waals surface area (Å²) in [5.74, 6) is -0.886. The topological polar surface area (TPSA) is 111 Å². The summed E-state index contributed by atoms with van der Waals surface area (Å²) in [5.41, 5.74) is 0. The van der Waals surface area contributed by atoms with Crippen molar-refractivity contribution in [3.05, 3.63) is 0 Å². The quantitative estimate of drug-likeness (QED) is 0.0274. The Morgan fingerprint density at radius 3 is 1.38 bits per heavy atom. The van der Waals surface area contributed by atoms with Gasteiger partial charge in [0.05, 0.1) is 27.7 Å². The molecule has 0 bridgehead atoms. The minimum atomic E-state index is -4.59. The van der Waals surface area contributed by atoms with Crippen molar-refractivity contribution in [2.75, 3.05) is 47.5 Å². The lowest BCUT2D eigenvalue weighted by atomic mass is 10.0. The second-order valence-electron chi connectivity index (χ2n) is 14.7. The van der Waals surface area contributed by atoms with Crippen molar-refractivity contribution in [3.63, 3.8) is 0 Å². The van der Waals surface area contributed by atoms with E-state index in [2.05, 4.69) is 6.92 Å². The predicted molar refractivity (Wildman–Crippen MR) is 195 cm³/mol. The minimum Gasteiger partial charge on any atom is -0.756 e. The van der Waals surface area contributed by atoms with Crippen LogP contribution in [-0.2, 0) is 32.7 Å². The summed E-state index contributed by atoms with van der Waals surface area (Å²) in [5, 5.41) is 0. The third kappa shape index (κ3) is 34.9. The van der Waals surface area contributed by atoms with Gasteiger partial charge < -0.3 is 27.9 Å². The number of unbranched alkanes of at least 4 members (excludes halogenated alkanes) is 22. The van der Waals surface area contributed by atoms with Gasteiger partial charge in [-0.25, -0.2) is 0 Å². The second-order valence-corrected chi connectivity index (χ2v) is 16.1. The maximum absolute atomic E-state index is 12.4. The Bertz CT molecular complexity index is 804. The zero-order chi connectivity index (χ0) is 35.8. The van der Waals surface area contributed by atoms with E-state index >= 15 is 0 Å². The van der Waals surface area contributed by atoms with Gasteiger partial charge >= 0.3 is 11.9 Å². The van der Waals surface area contributed by atoms with Gasteiger partial charge in [-0.15, -0.1) is 0 Å². The van der Waals surface area contributed by atoms with Crippen molar-refractivity contribution in [2.45, 2.75) is 187 Å². The van der Waals surface area contributed by atoms with Crippen LogP contribution in [0.5, 0.6) is 0 Å². The first-order valence-electron chi connectivity index (χ1n) is 19.7. The fraction of sp³-hybridized carbons (Fsp3) is 0.947. The number of carbonyl (C=O) groups is 2. The molecule has 0 radical (unpaired) electrons. The molecule has 0 aromatic carbocycles. The van der Waals surface area contributed by atoms with Crippen molar-refractivity contribution >= 4 is 19.8 Å². The molecule has 0 aromatic rings. The molecule has 0 aliphatic carbocycles. The fourth-order valence-electron chi connectivity index (χ4n) is 5.52. The van der Waals surface area contributed by atoms with Gasteiger partial charge in [0, 0.05) is 12.8 Å². The summed E-state index contributed by atoms with van der Waals surface area (Å²) in [4.78, 5) is 36.4. The number of hydrogen-bond donors (Lipinski definition) is 0. The highest BCUT2D eigenvalue weighted by Gasteiger charge is 2.21. The van der Waals surface area contributed by atoms with Gasteiger partial charge in [0.2, 0.25) is 0 Å². The molecule has 0 N–H and O–H groups in total. The minimum absolute atomic E-state index is 0.0280. The standard InChI is InChI=1S/C38H76NO8P/c1-6-8-9-10-11-12-13-14-15-16-17-18-19-20-21-22-23-24-25-26-27-28-29-31-38(41)47-36(34-44-37(40)30-7-2)35-46-48(42,43)45-33-32-39(3,4)5/h36H,6-35H2,1-5H3. The Morgan fingerprint density at radius 2 is 0.979 bits per heavy atom. The molecule has 0 saturated heterocycles. The van der Waals surface area contributed by atoms with Gasteiger partial charge in [-0.05, 0) is 12.8 Å². The molecule has 0 rings (SSSR count). The van der Waals surface area contributed by atoms with Crippen LogP contribution in [0.25, 0.3) is 0 Å². The van der Waals surface area contributed by atoms with Crippen molar-refractivity contribution in [3.8, 4) is 0 Å². The maximum Gasteiger partial charge on any atom is 0.306 e. The Morgan fingerprint density at radius 1 is 0.562 bits per heavy atom. The van der Waals surface area contributed by atoms with E-state index < -0.39 is 32.5 Å². The largest absolute Gasteiger partial charge is 0.756 e. The van der Waals surface area contributed by atoms with Gasteiger partial charge in [-0.1, -0.05) is 155 Å². The van der Waals surface area contributed by atoms with Crippen LogP contribution in [0.15, 0.2) is 0 Å². The molecule has 9 nitrogen and oxygen atoms in total. The number of ether oxygens (including phenoxy) is 2. The van der Waals surface area contributed by atoms with E-state index in [0.29, 0.717) is 23.9 Å². The summed E-state index contributed by atoms with van der Waals surface area (Å²) < 4.78 is 33.2. The molecular formula is C38H76NO8P. The van der Waals surface area contributed by atoms with Gasteiger partial charge in [-0.3, -0.25) is 14.2 Å². The molecule has 0 saturated carbocycles. The predicted octanol–water partition coefficient (Wildman–Crippen LogP) is 9.83. The molecule has 0 spiro atoms. The molecule has 10 heteroatoms. The van der Waals surface area contributed by atoms with Crippen LogP contribution in [-0.4, -0.2) is 70.0 Å². The second kappa shape index (κ2) is 32.0. The number of likely N-dealkylation sites (N-methyl/N-ethyl adjacent to an activating group) is 1. The lowest BCUT2D eigenvalue weighted by molar-refractivity contribution is -0.870. The number of nitrogens with zero attached hydrogens (tertiary/aromatic N) is 1. The van der Waals surface area contributed by atoms with Gasteiger partial charge in [-0.2, -0.15) is 0 Å². The van der Waals surface area contributed by atoms with Crippen molar-refractivity contribution in [1.29, 1.82) is 0 Å². The molecule has 0 aliphatic rings. The number of hydrogen-bond acceptors (Lipinski definition) is 8. The Balaban J connectivity index is 3.85. The first kappa shape index (κ1) is 47.0. The van der Waals surface area contributed by atoms with Crippen LogP contribution in [0.1, 0.15) is 181 Å². The van der Waals surface area contributed by atoms with E-state index in [1.54, 1.807) is 0 Å². The van der Waals surface area contributed by atoms with Crippen LogP contribution < -0.4 is 4.89 Å². The maximum atomic E-state index is 12.4. The van der Waals surface area contributed by atoms with Crippen LogP contribution in [0.4, 0.5) is 0 Å². The summed E-state index contributed by atoms with van der Waals surface area (Å²) >= 11 is 0. The Hall–Kier alpha value is -0.990. The van der Waals surface area contributed by atoms with Crippen LogP contribution >= 0.6 is 7.82 Å². The molecular weight excluding hydrogens is 629 g/mol. The smallest absolute Gasteiger partial charge is 0.306 e. The van der Waals surface area contributed by atoms with Crippen LogP contribution in [0.2, 0.25) is 0 Å². The molecule has 48 heavy (non-hydrogen) atoms. The summed E-state index contributed by atoms with van der Waals surface area (Å²) in [6, 6.07) is 0. The van der Waals surface area contributed by atoms with Crippen molar-refractivity contribution < 1.29 is 42.1 Å². The van der Waals surface area contributed by atoms with Gasteiger partial charge in [0.15, 0.2) is 6.10 Å². The molecule has 0 aliphatic heterocycles. The number of esters is 2. The van der Waals surface area contributed by atoms with Crippen molar-refractivity contribution in [2.24, 2.45) is 0 Å². The number of quaternary nitrogens is 1. The number of phosphoric acid groups is 1. The molecule has 0 fully saturated rings. The SMILES string of the molecule is CCCCCCCCCCCCCCCCCCCCCCCCCC(=O)OC(COC(=O)CCC)COP(=O)([O-])OCC[N+](C)(C)C. The molecule has 0 aromatic heterocycles. The first-order chi connectivity index (χ1) is 23.0. The normalized spacial score (nSPS) is 13.7.